The highest BCUT2D eigenvalue weighted by molar-refractivity contribution is 6.16. The van der Waals surface area contributed by atoms with Crippen LogP contribution in [0.25, 0.3) is 71.0 Å². The quantitative estimate of drug-likeness (QED) is 0.107. The standard InChI is InChI=1S/C50H30O6/c51-29-24-42(52)39-26-41(49(53)55-43(39)25-29)45-33-15-5-9-19-37(33)47(38-20-10-6-16-34(38)45)46-35-17-7-3-13-31(35)44(32-14-4-8-18-36(32)46)40-23-28-22-21-27-11-1-2-12-30(27)48(28)56-50(40)54/h1-26,35,46,51-52H. The van der Waals surface area contributed by atoms with Gasteiger partial charge in [-0.2, -0.15) is 0 Å². The maximum atomic E-state index is 14.2. The lowest BCUT2D eigenvalue weighted by atomic mass is 9.65. The van der Waals surface area contributed by atoms with Gasteiger partial charge in [0.2, 0.25) is 0 Å². The molecule has 9 aromatic rings. The van der Waals surface area contributed by atoms with Crippen molar-refractivity contribution in [2.75, 3.05) is 0 Å². The molecule has 56 heavy (non-hydrogen) atoms. The van der Waals surface area contributed by atoms with Crippen LogP contribution in [0.15, 0.2) is 182 Å². The van der Waals surface area contributed by atoms with Crippen LogP contribution < -0.4 is 11.3 Å². The van der Waals surface area contributed by atoms with Crippen LogP contribution in [0, 0.1) is 5.92 Å². The Morgan fingerprint density at radius 1 is 0.536 bits per heavy atom. The topological polar surface area (TPSA) is 101 Å². The lowest BCUT2D eigenvalue weighted by Crippen LogP contribution is -2.25. The third-order valence-corrected chi connectivity index (χ3v) is 11.5. The van der Waals surface area contributed by atoms with E-state index >= 15 is 0 Å². The van der Waals surface area contributed by atoms with Gasteiger partial charge < -0.3 is 19.0 Å². The predicted molar refractivity (Wildman–Crippen MR) is 222 cm³/mol. The molecule has 11 rings (SSSR count). The average Bonchev–Trinajstić information content (AvgIpc) is 3.22. The molecule has 266 valence electrons. The van der Waals surface area contributed by atoms with Crippen molar-refractivity contribution in [3.63, 3.8) is 0 Å². The molecule has 0 bridgehead atoms. The summed E-state index contributed by atoms with van der Waals surface area (Å²) < 4.78 is 11.9. The molecule has 0 saturated heterocycles. The summed E-state index contributed by atoms with van der Waals surface area (Å²) in [7, 11) is 0. The van der Waals surface area contributed by atoms with Gasteiger partial charge in [-0.3, -0.25) is 0 Å². The van der Waals surface area contributed by atoms with Gasteiger partial charge in [0.15, 0.2) is 0 Å². The second-order valence-electron chi connectivity index (χ2n) is 14.5. The molecule has 2 unspecified atom stereocenters. The third-order valence-electron chi connectivity index (χ3n) is 11.5. The highest BCUT2D eigenvalue weighted by Crippen LogP contribution is 2.54. The summed E-state index contributed by atoms with van der Waals surface area (Å²) >= 11 is 0. The minimum Gasteiger partial charge on any atom is -0.508 e. The molecule has 0 aliphatic heterocycles. The fourth-order valence-corrected chi connectivity index (χ4v) is 9.25. The van der Waals surface area contributed by atoms with Crippen LogP contribution >= 0.6 is 0 Å². The van der Waals surface area contributed by atoms with Crippen molar-refractivity contribution >= 4 is 59.8 Å². The van der Waals surface area contributed by atoms with Crippen LogP contribution in [-0.4, -0.2) is 10.2 Å². The van der Waals surface area contributed by atoms with E-state index in [0.717, 1.165) is 65.5 Å². The maximum Gasteiger partial charge on any atom is 0.344 e. The summed E-state index contributed by atoms with van der Waals surface area (Å²) in [6.07, 6.45) is 8.45. The Bertz CT molecular complexity index is 3340. The Morgan fingerprint density at radius 2 is 1.20 bits per heavy atom. The molecule has 2 N–H and O–H groups in total. The number of hydrogen-bond donors (Lipinski definition) is 2. The van der Waals surface area contributed by atoms with Gasteiger partial charge in [-0.15, -0.1) is 0 Å². The van der Waals surface area contributed by atoms with Crippen LogP contribution in [0.2, 0.25) is 0 Å². The van der Waals surface area contributed by atoms with E-state index in [1.807, 2.05) is 84.9 Å². The molecule has 6 heteroatoms. The van der Waals surface area contributed by atoms with Crippen LogP contribution in [0.5, 0.6) is 11.5 Å². The van der Waals surface area contributed by atoms with Gasteiger partial charge in [0.1, 0.15) is 22.7 Å². The molecule has 2 atom stereocenters. The number of allylic oxidation sites excluding steroid dienone is 5. The van der Waals surface area contributed by atoms with E-state index in [-0.39, 0.29) is 34.5 Å². The SMILES string of the molecule is O=c1oc2c(ccc3ccccc32)cc1C1=C2C=CC=CC2C(c2c3ccccc3c(-c3cc4c(O)cc(O)cc4oc3=O)c3ccccc23)c2ccccc21. The summed E-state index contributed by atoms with van der Waals surface area (Å²) in [6, 6.07) is 42.7. The van der Waals surface area contributed by atoms with Crippen molar-refractivity contribution in [2.45, 2.75) is 5.92 Å². The number of rotatable bonds is 3. The Morgan fingerprint density at radius 3 is 1.98 bits per heavy atom. The summed E-state index contributed by atoms with van der Waals surface area (Å²) in [4.78, 5) is 28.0. The van der Waals surface area contributed by atoms with Crippen molar-refractivity contribution < 1.29 is 19.0 Å². The van der Waals surface area contributed by atoms with Gasteiger partial charge in [0.25, 0.3) is 0 Å². The molecule has 2 aliphatic carbocycles. The number of phenols is 2. The molecule has 2 heterocycles. The Hall–Kier alpha value is -7.44. The van der Waals surface area contributed by atoms with E-state index in [1.165, 1.54) is 12.1 Å². The van der Waals surface area contributed by atoms with Crippen molar-refractivity contribution in [2.24, 2.45) is 5.92 Å². The molecule has 6 nitrogen and oxygen atoms in total. The van der Waals surface area contributed by atoms with Crippen LogP contribution in [-0.2, 0) is 0 Å². The summed E-state index contributed by atoms with van der Waals surface area (Å²) in [5.74, 6) is -0.705. The Balaban J connectivity index is 1.19. The summed E-state index contributed by atoms with van der Waals surface area (Å²) in [6.45, 7) is 0. The van der Waals surface area contributed by atoms with Crippen LogP contribution in [0.3, 0.4) is 0 Å². The molecule has 0 saturated carbocycles. The molecule has 0 fully saturated rings. The molecule has 0 radical (unpaired) electrons. The Labute approximate surface area is 318 Å². The van der Waals surface area contributed by atoms with Crippen molar-refractivity contribution in [3.8, 4) is 22.6 Å². The van der Waals surface area contributed by atoms with E-state index in [2.05, 4.69) is 54.6 Å². The zero-order valence-corrected chi connectivity index (χ0v) is 29.7. The van der Waals surface area contributed by atoms with E-state index in [0.29, 0.717) is 27.7 Å². The van der Waals surface area contributed by atoms with Gasteiger partial charge in [-0.1, -0.05) is 133 Å². The highest BCUT2D eigenvalue weighted by atomic mass is 16.4. The molecule has 2 aromatic heterocycles. The number of aromatic hydroxyl groups is 2. The first-order valence-electron chi connectivity index (χ1n) is 18.5. The fourth-order valence-electron chi connectivity index (χ4n) is 9.25. The molecular formula is C50H30O6. The predicted octanol–water partition coefficient (Wildman–Crippen LogP) is 11.1. The monoisotopic (exact) mass is 726 g/mol. The second-order valence-corrected chi connectivity index (χ2v) is 14.5. The minimum atomic E-state index is -0.578. The fraction of sp³-hybridized carbons (Fsp3) is 0.0400. The highest BCUT2D eigenvalue weighted by Gasteiger charge is 2.38. The third kappa shape index (κ3) is 4.62. The van der Waals surface area contributed by atoms with Crippen LogP contribution in [0.4, 0.5) is 0 Å². The van der Waals surface area contributed by atoms with Crippen molar-refractivity contribution in [1.82, 2.24) is 0 Å². The lowest BCUT2D eigenvalue weighted by molar-refractivity contribution is 0.451. The normalized spacial score (nSPS) is 16.3. The van der Waals surface area contributed by atoms with Gasteiger partial charge in [-0.25, -0.2) is 9.59 Å². The van der Waals surface area contributed by atoms with E-state index in [4.69, 9.17) is 8.83 Å². The smallest absolute Gasteiger partial charge is 0.344 e. The van der Waals surface area contributed by atoms with Crippen molar-refractivity contribution in [3.05, 3.63) is 206 Å². The largest absolute Gasteiger partial charge is 0.508 e. The number of hydrogen-bond acceptors (Lipinski definition) is 6. The molecule has 0 amide bonds. The summed E-state index contributed by atoms with van der Waals surface area (Å²) in [5.41, 5.74) is 6.25. The molecule has 0 spiro atoms. The number of fused-ring (bicyclic) bond motifs is 8. The zero-order chi connectivity index (χ0) is 37.7. The van der Waals surface area contributed by atoms with E-state index in [9.17, 15) is 19.8 Å². The number of phenolic OH excluding ortho intramolecular Hbond substituents is 2. The van der Waals surface area contributed by atoms with Crippen molar-refractivity contribution in [1.29, 1.82) is 0 Å². The zero-order valence-electron chi connectivity index (χ0n) is 29.7. The maximum absolute atomic E-state index is 14.2. The van der Waals surface area contributed by atoms with Gasteiger partial charge in [0.05, 0.1) is 16.5 Å². The Kier molecular flexibility index (Phi) is 6.88. The lowest BCUT2D eigenvalue weighted by Gasteiger charge is -2.37. The summed E-state index contributed by atoms with van der Waals surface area (Å²) in [5, 5.41) is 27.6. The first kappa shape index (κ1) is 32.0. The van der Waals surface area contributed by atoms with Gasteiger partial charge in [-0.05, 0) is 61.3 Å². The molecular weight excluding hydrogens is 697 g/mol. The van der Waals surface area contributed by atoms with Gasteiger partial charge >= 0.3 is 11.3 Å². The first-order valence-corrected chi connectivity index (χ1v) is 18.5. The van der Waals surface area contributed by atoms with E-state index in [1.54, 1.807) is 6.07 Å². The van der Waals surface area contributed by atoms with Gasteiger partial charge in [0, 0.05) is 45.9 Å². The molecule has 7 aromatic carbocycles. The number of benzene rings is 7. The average molecular weight is 727 g/mol. The molecule has 2 aliphatic rings. The minimum absolute atomic E-state index is 0.0985. The van der Waals surface area contributed by atoms with E-state index < -0.39 is 5.63 Å². The van der Waals surface area contributed by atoms with Crippen LogP contribution in [0.1, 0.15) is 28.2 Å². The second kappa shape index (κ2) is 12.0. The first-order chi connectivity index (χ1) is 27.4.